The Kier molecular flexibility index (Phi) is 1.20. The first-order valence-corrected chi connectivity index (χ1v) is 2.72. The topological polar surface area (TPSA) is 0 Å². The van der Waals surface area contributed by atoms with Gasteiger partial charge < -0.3 is 0 Å². The van der Waals surface area contributed by atoms with Crippen LogP contribution in [-0.4, -0.2) is 0 Å². The van der Waals surface area contributed by atoms with Crippen molar-refractivity contribution in [2.24, 2.45) is 0 Å². The zero-order chi connectivity index (χ0) is 5.28. The minimum atomic E-state index is 0.861. The molecule has 0 saturated carbocycles. The van der Waals surface area contributed by atoms with Gasteiger partial charge in [0.1, 0.15) is 0 Å². The Morgan fingerprint density at radius 2 is 2.43 bits per heavy atom. The molecule has 0 aromatic rings. The van der Waals surface area contributed by atoms with Gasteiger partial charge in [0, 0.05) is 5.03 Å². The fourth-order valence-electron chi connectivity index (χ4n) is 0.637. The van der Waals surface area contributed by atoms with E-state index in [2.05, 4.69) is 6.58 Å². The van der Waals surface area contributed by atoms with Crippen molar-refractivity contribution in [2.75, 3.05) is 0 Å². The van der Waals surface area contributed by atoms with Gasteiger partial charge in [-0.25, -0.2) is 0 Å². The van der Waals surface area contributed by atoms with Crippen LogP contribution in [0.1, 0.15) is 12.8 Å². The summed E-state index contributed by atoms with van der Waals surface area (Å²) in [6.45, 7) is 3.73. The van der Waals surface area contributed by atoms with Gasteiger partial charge in [0.05, 0.1) is 0 Å². The third kappa shape index (κ3) is 0.859. The summed E-state index contributed by atoms with van der Waals surface area (Å²) in [5.41, 5.74) is 1.08. The quantitative estimate of drug-likeness (QED) is 0.454. The van der Waals surface area contributed by atoms with Crippen molar-refractivity contribution in [1.29, 1.82) is 0 Å². The predicted molar refractivity (Wildman–Crippen MR) is 32.3 cm³/mol. The van der Waals surface area contributed by atoms with E-state index in [1.807, 2.05) is 6.08 Å². The van der Waals surface area contributed by atoms with Gasteiger partial charge in [-0.3, -0.25) is 0 Å². The van der Waals surface area contributed by atoms with E-state index in [1.54, 1.807) is 0 Å². The molecule has 38 valence electrons. The summed E-state index contributed by atoms with van der Waals surface area (Å²) in [5, 5.41) is 0.861. The molecule has 0 unspecified atom stereocenters. The monoisotopic (exact) mass is 114 g/mol. The van der Waals surface area contributed by atoms with E-state index in [-0.39, 0.29) is 0 Å². The summed E-state index contributed by atoms with van der Waals surface area (Å²) in [5.74, 6) is 0. The van der Waals surface area contributed by atoms with E-state index in [0.717, 1.165) is 23.4 Å². The zero-order valence-corrected chi connectivity index (χ0v) is 4.83. The van der Waals surface area contributed by atoms with Crippen molar-refractivity contribution in [3.05, 3.63) is 23.3 Å². The molecule has 0 N–H and O–H groups in total. The average molecular weight is 115 g/mol. The Labute approximate surface area is 48.5 Å². The van der Waals surface area contributed by atoms with Crippen molar-refractivity contribution >= 4 is 11.6 Å². The molecule has 1 aliphatic rings. The molecule has 0 saturated heterocycles. The van der Waals surface area contributed by atoms with Gasteiger partial charge in [-0.1, -0.05) is 24.3 Å². The molecular formula is C6H7Cl. The van der Waals surface area contributed by atoms with Gasteiger partial charge in [-0.2, -0.15) is 0 Å². The van der Waals surface area contributed by atoms with E-state index < -0.39 is 0 Å². The lowest BCUT2D eigenvalue weighted by atomic mass is 10.3. The third-order valence-electron chi connectivity index (χ3n) is 1.11. The molecule has 0 aromatic heterocycles. The summed E-state index contributed by atoms with van der Waals surface area (Å²) in [7, 11) is 0. The van der Waals surface area contributed by atoms with Crippen molar-refractivity contribution in [2.45, 2.75) is 12.8 Å². The van der Waals surface area contributed by atoms with Gasteiger partial charge in [0.2, 0.25) is 0 Å². The smallest absolute Gasteiger partial charge is 0.0392 e. The molecule has 0 nitrogen and oxygen atoms in total. The lowest BCUT2D eigenvalue weighted by Crippen LogP contribution is -1.65. The van der Waals surface area contributed by atoms with E-state index in [1.165, 1.54) is 0 Å². The number of allylic oxidation sites excluding steroid dienone is 3. The maximum absolute atomic E-state index is 5.62. The fraction of sp³-hybridized carbons (Fsp3) is 0.333. The maximum Gasteiger partial charge on any atom is 0.0392 e. The molecule has 0 heterocycles. The highest BCUT2D eigenvalue weighted by molar-refractivity contribution is 6.32. The molecule has 0 amide bonds. The van der Waals surface area contributed by atoms with Gasteiger partial charge in [-0.15, -0.1) is 0 Å². The van der Waals surface area contributed by atoms with Gasteiger partial charge >= 0.3 is 0 Å². The van der Waals surface area contributed by atoms with Gasteiger partial charge in [0.25, 0.3) is 0 Å². The second kappa shape index (κ2) is 1.71. The molecule has 0 atom stereocenters. The van der Waals surface area contributed by atoms with Crippen molar-refractivity contribution in [1.82, 2.24) is 0 Å². The summed E-state index contributed by atoms with van der Waals surface area (Å²) < 4.78 is 0. The van der Waals surface area contributed by atoms with Gasteiger partial charge in [0.15, 0.2) is 0 Å². The Morgan fingerprint density at radius 1 is 1.71 bits per heavy atom. The average Bonchev–Trinajstić information content (AvgIpc) is 1.91. The predicted octanol–water partition coefficient (Wildman–Crippen LogP) is 2.46. The molecule has 1 rings (SSSR count). The molecule has 0 bridgehead atoms. The van der Waals surface area contributed by atoms with Crippen LogP contribution in [-0.2, 0) is 0 Å². The highest BCUT2D eigenvalue weighted by atomic mass is 35.5. The Bertz CT molecular complexity index is 122. The molecular weight excluding hydrogens is 108 g/mol. The zero-order valence-electron chi connectivity index (χ0n) is 4.08. The fourth-order valence-corrected chi connectivity index (χ4v) is 0.840. The molecule has 0 fully saturated rings. The van der Waals surface area contributed by atoms with Crippen LogP contribution in [0.25, 0.3) is 0 Å². The molecule has 0 aromatic carbocycles. The summed E-state index contributed by atoms with van der Waals surface area (Å²) >= 11 is 5.62. The number of halogens is 1. The number of hydrogen-bond acceptors (Lipinski definition) is 0. The lowest BCUT2D eigenvalue weighted by Gasteiger charge is -1.86. The SMILES string of the molecule is C=C1CCC=C1Cl. The largest absolute Gasteiger partial charge is 0.0943 e. The van der Waals surface area contributed by atoms with Crippen LogP contribution in [0.2, 0.25) is 0 Å². The molecule has 0 spiro atoms. The van der Waals surface area contributed by atoms with E-state index in [9.17, 15) is 0 Å². The summed E-state index contributed by atoms with van der Waals surface area (Å²) in [4.78, 5) is 0. The van der Waals surface area contributed by atoms with Crippen LogP contribution < -0.4 is 0 Å². The summed E-state index contributed by atoms with van der Waals surface area (Å²) in [6.07, 6.45) is 4.14. The second-order valence-corrected chi connectivity index (χ2v) is 2.10. The minimum Gasteiger partial charge on any atom is -0.0943 e. The molecule has 7 heavy (non-hydrogen) atoms. The Balaban J connectivity index is 2.72. The molecule has 1 heteroatoms. The van der Waals surface area contributed by atoms with Crippen molar-refractivity contribution in [3.63, 3.8) is 0 Å². The molecule has 0 radical (unpaired) electrons. The van der Waals surface area contributed by atoms with E-state index >= 15 is 0 Å². The van der Waals surface area contributed by atoms with Crippen LogP contribution in [0, 0.1) is 0 Å². The number of rotatable bonds is 0. The first-order valence-electron chi connectivity index (χ1n) is 2.34. The number of hydrogen-bond donors (Lipinski definition) is 0. The maximum atomic E-state index is 5.62. The van der Waals surface area contributed by atoms with Crippen LogP contribution in [0.15, 0.2) is 23.3 Å². The van der Waals surface area contributed by atoms with Crippen molar-refractivity contribution in [3.8, 4) is 0 Å². The highest BCUT2D eigenvalue weighted by Gasteiger charge is 2.03. The van der Waals surface area contributed by atoms with E-state index in [4.69, 9.17) is 11.6 Å². The standard InChI is InChI=1S/C6H7Cl/c1-5-3-2-4-6(5)7/h4H,1-3H2. The van der Waals surface area contributed by atoms with Crippen LogP contribution in [0.5, 0.6) is 0 Å². The highest BCUT2D eigenvalue weighted by Crippen LogP contribution is 2.25. The normalized spacial score (nSPS) is 20.1. The second-order valence-electron chi connectivity index (χ2n) is 1.69. The first kappa shape index (κ1) is 4.92. The lowest BCUT2D eigenvalue weighted by molar-refractivity contribution is 1.07. The van der Waals surface area contributed by atoms with Crippen LogP contribution in [0.4, 0.5) is 0 Å². The summed E-state index contributed by atoms with van der Waals surface area (Å²) in [6, 6.07) is 0. The Hall–Kier alpha value is -0.230. The van der Waals surface area contributed by atoms with Crippen molar-refractivity contribution < 1.29 is 0 Å². The van der Waals surface area contributed by atoms with Gasteiger partial charge in [-0.05, 0) is 18.4 Å². The Morgan fingerprint density at radius 3 is 2.57 bits per heavy atom. The molecule has 0 aliphatic heterocycles. The minimum absolute atomic E-state index is 0.861. The van der Waals surface area contributed by atoms with Crippen LogP contribution >= 0.6 is 11.6 Å². The first-order chi connectivity index (χ1) is 3.30. The van der Waals surface area contributed by atoms with Crippen LogP contribution in [0.3, 0.4) is 0 Å². The van der Waals surface area contributed by atoms with E-state index in [0.29, 0.717) is 0 Å². The molecule has 1 aliphatic carbocycles. The third-order valence-corrected chi connectivity index (χ3v) is 1.53.